The van der Waals surface area contributed by atoms with Crippen molar-refractivity contribution in [3.8, 4) is 11.5 Å². The molecule has 1 fully saturated rings. The molecule has 0 aromatic heterocycles. The van der Waals surface area contributed by atoms with Crippen LogP contribution in [0.5, 0.6) is 11.5 Å². The summed E-state index contributed by atoms with van der Waals surface area (Å²) in [6.45, 7) is 3.56. The van der Waals surface area contributed by atoms with E-state index >= 15 is 0 Å². The van der Waals surface area contributed by atoms with Gasteiger partial charge in [0.15, 0.2) is 17.3 Å². The molecule has 2 aliphatic rings. The molecular formula is C13H15ClO4. The Kier molecular flexibility index (Phi) is 3.09. The lowest BCUT2D eigenvalue weighted by molar-refractivity contribution is -0.159. The number of benzene rings is 1. The number of halogens is 1. The van der Waals surface area contributed by atoms with Crippen LogP contribution in [0.1, 0.15) is 12.5 Å². The molecule has 1 aromatic carbocycles. The van der Waals surface area contributed by atoms with E-state index in [-0.39, 0.29) is 6.10 Å². The fourth-order valence-corrected chi connectivity index (χ4v) is 2.34. The molecule has 0 N–H and O–H groups in total. The third-order valence-electron chi connectivity index (χ3n) is 3.17. The summed E-state index contributed by atoms with van der Waals surface area (Å²) in [6.07, 6.45) is -0.0649. The largest absolute Gasteiger partial charge is 0.486 e. The summed E-state index contributed by atoms with van der Waals surface area (Å²) in [4.78, 5) is 0. The van der Waals surface area contributed by atoms with Crippen LogP contribution in [-0.4, -0.2) is 31.8 Å². The Balaban J connectivity index is 1.88. The summed E-state index contributed by atoms with van der Waals surface area (Å²) >= 11 is 5.79. The van der Waals surface area contributed by atoms with Gasteiger partial charge in [-0.25, -0.2) is 0 Å². The fourth-order valence-electron chi connectivity index (χ4n) is 2.19. The predicted molar refractivity (Wildman–Crippen MR) is 66.3 cm³/mol. The van der Waals surface area contributed by atoms with Gasteiger partial charge in [0.1, 0.15) is 13.2 Å². The molecule has 98 valence electrons. The molecule has 2 aliphatic heterocycles. The van der Waals surface area contributed by atoms with Crippen LogP contribution >= 0.6 is 11.6 Å². The molecule has 2 unspecified atom stereocenters. The quantitative estimate of drug-likeness (QED) is 0.773. The van der Waals surface area contributed by atoms with Crippen molar-refractivity contribution in [1.29, 1.82) is 0 Å². The Morgan fingerprint density at radius 3 is 2.78 bits per heavy atom. The SMILES string of the molecule is CC1(c2ccc3c(c2)OCCO3)OCC(CCl)O1. The van der Waals surface area contributed by atoms with Crippen LogP contribution in [-0.2, 0) is 15.3 Å². The Labute approximate surface area is 111 Å². The summed E-state index contributed by atoms with van der Waals surface area (Å²) in [7, 11) is 0. The monoisotopic (exact) mass is 270 g/mol. The van der Waals surface area contributed by atoms with Crippen molar-refractivity contribution in [3.05, 3.63) is 23.8 Å². The Hall–Kier alpha value is -0.970. The Bertz CT molecular complexity index is 451. The first-order valence-electron chi connectivity index (χ1n) is 5.99. The van der Waals surface area contributed by atoms with Crippen molar-refractivity contribution in [2.45, 2.75) is 18.8 Å². The third kappa shape index (κ3) is 2.05. The van der Waals surface area contributed by atoms with E-state index in [9.17, 15) is 0 Å². The van der Waals surface area contributed by atoms with Crippen LogP contribution < -0.4 is 9.47 Å². The maximum Gasteiger partial charge on any atom is 0.192 e. The van der Waals surface area contributed by atoms with Crippen LogP contribution in [0.25, 0.3) is 0 Å². The molecule has 4 nitrogen and oxygen atoms in total. The van der Waals surface area contributed by atoms with Gasteiger partial charge < -0.3 is 18.9 Å². The van der Waals surface area contributed by atoms with Gasteiger partial charge in [0.05, 0.1) is 18.6 Å². The van der Waals surface area contributed by atoms with E-state index in [2.05, 4.69) is 0 Å². The second-order valence-electron chi connectivity index (χ2n) is 4.51. The summed E-state index contributed by atoms with van der Waals surface area (Å²) in [5, 5.41) is 0. The van der Waals surface area contributed by atoms with Gasteiger partial charge in [-0.3, -0.25) is 0 Å². The van der Waals surface area contributed by atoms with E-state index in [1.165, 1.54) is 0 Å². The van der Waals surface area contributed by atoms with Gasteiger partial charge in [0.25, 0.3) is 0 Å². The molecule has 18 heavy (non-hydrogen) atoms. The topological polar surface area (TPSA) is 36.9 Å². The summed E-state index contributed by atoms with van der Waals surface area (Å²) < 4.78 is 22.6. The van der Waals surface area contributed by atoms with E-state index in [0.29, 0.717) is 25.7 Å². The van der Waals surface area contributed by atoms with Crippen LogP contribution in [0.15, 0.2) is 18.2 Å². The van der Waals surface area contributed by atoms with Gasteiger partial charge in [0, 0.05) is 5.56 Å². The molecule has 3 rings (SSSR count). The lowest BCUT2D eigenvalue weighted by Crippen LogP contribution is -2.25. The summed E-state index contributed by atoms with van der Waals surface area (Å²) in [6, 6.07) is 5.73. The maximum absolute atomic E-state index is 5.82. The minimum absolute atomic E-state index is 0.0649. The van der Waals surface area contributed by atoms with Crippen molar-refractivity contribution in [3.63, 3.8) is 0 Å². The van der Waals surface area contributed by atoms with Crippen molar-refractivity contribution in [1.82, 2.24) is 0 Å². The number of rotatable bonds is 2. The second kappa shape index (κ2) is 4.61. The van der Waals surface area contributed by atoms with Crippen molar-refractivity contribution in [2.24, 2.45) is 0 Å². The zero-order chi connectivity index (χ0) is 12.6. The van der Waals surface area contributed by atoms with E-state index in [1.54, 1.807) is 0 Å². The Morgan fingerprint density at radius 1 is 1.28 bits per heavy atom. The molecule has 0 saturated carbocycles. The molecule has 0 bridgehead atoms. The Morgan fingerprint density at radius 2 is 2.06 bits per heavy atom. The number of hydrogen-bond acceptors (Lipinski definition) is 4. The highest BCUT2D eigenvalue weighted by Gasteiger charge is 2.39. The second-order valence-corrected chi connectivity index (χ2v) is 4.82. The minimum Gasteiger partial charge on any atom is -0.486 e. The smallest absolute Gasteiger partial charge is 0.192 e. The maximum atomic E-state index is 5.82. The fraction of sp³-hybridized carbons (Fsp3) is 0.538. The normalized spacial score (nSPS) is 30.4. The minimum atomic E-state index is -0.755. The van der Waals surface area contributed by atoms with Crippen molar-refractivity contribution in [2.75, 3.05) is 25.7 Å². The molecule has 5 heteroatoms. The summed E-state index contributed by atoms with van der Waals surface area (Å²) in [5.74, 6) is 1.18. The number of fused-ring (bicyclic) bond motifs is 1. The summed E-state index contributed by atoms with van der Waals surface area (Å²) in [5.41, 5.74) is 0.916. The molecule has 2 atom stereocenters. The average molecular weight is 271 g/mol. The van der Waals surface area contributed by atoms with E-state index in [0.717, 1.165) is 17.1 Å². The first kappa shape index (κ1) is 12.1. The van der Waals surface area contributed by atoms with Crippen LogP contribution in [0.2, 0.25) is 0 Å². The number of hydrogen-bond donors (Lipinski definition) is 0. The highest BCUT2D eigenvalue weighted by atomic mass is 35.5. The average Bonchev–Trinajstić information content (AvgIpc) is 2.81. The molecule has 0 aliphatic carbocycles. The first-order valence-corrected chi connectivity index (χ1v) is 6.52. The van der Waals surface area contributed by atoms with Gasteiger partial charge in [-0.2, -0.15) is 0 Å². The van der Waals surface area contributed by atoms with Crippen LogP contribution in [0.4, 0.5) is 0 Å². The zero-order valence-electron chi connectivity index (χ0n) is 10.1. The predicted octanol–water partition coefficient (Wildman–Crippen LogP) is 2.28. The van der Waals surface area contributed by atoms with E-state index in [1.807, 2.05) is 25.1 Å². The highest BCUT2D eigenvalue weighted by Crippen LogP contribution is 2.39. The van der Waals surface area contributed by atoms with Gasteiger partial charge in [-0.05, 0) is 25.1 Å². The molecule has 1 saturated heterocycles. The molecule has 2 heterocycles. The molecule has 1 aromatic rings. The third-order valence-corrected chi connectivity index (χ3v) is 3.52. The zero-order valence-corrected chi connectivity index (χ0v) is 10.9. The molecule has 0 amide bonds. The van der Waals surface area contributed by atoms with Gasteiger partial charge >= 0.3 is 0 Å². The van der Waals surface area contributed by atoms with Crippen molar-refractivity contribution < 1.29 is 18.9 Å². The molecule has 0 spiro atoms. The lowest BCUT2D eigenvalue weighted by atomic mass is 10.1. The van der Waals surface area contributed by atoms with E-state index < -0.39 is 5.79 Å². The lowest BCUT2D eigenvalue weighted by Gasteiger charge is -2.26. The van der Waals surface area contributed by atoms with Crippen molar-refractivity contribution >= 4 is 11.6 Å². The van der Waals surface area contributed by atoms with Crippen LogP contribution in [0, 0.1) is 0 Å². The van der Waals surface area contributed by atoms with Gasteiger partial charge in [0.2, 0.25) is 0 Å². The number of alkyl halides is 1. The van der Waals surface area contributed by atoms with Gasteiger partial charge in [-0.15, -0.1) is 11.6 Å². The highest BCUT2D eigenvalue weighted by molar-refractivity contribution is 6.18. The standard InChI is InChI=1S/C13H15ClO4/c1-13(17-8-10(7-14)18-13)9-2-3-11-12(6-9)16-5-4-15-11/h2-3,6,10H,4-5,7-8H2,1H3. The molecular weight excluding hydrogens is 256 g/mol. The van der Waals surface area contributed by atoms with E-state index in [4.69, 9.17) is 30.5 Å². The molecule has 0 radical (unpaired) electrons. The first-order chi connectivity index (χ1) is 8.71. The van der Waals surface area contributed by atoms with Gasteiger partial charge in [-0.1, -0.05) is 0 Å². The number of ether oxygens (including phenoxy) is 4. The van der Waals surface area contributed by atoms with Crippen LogP contribution in [0.3, 0.4) is 0 Å².